The Bertz CT molecular complexity index is 968. The smallest absolute Gasteiger partial charge is 0.255 e. The van der Waals surface area contributed by atoms with Crippen LogP contribution in [0.5, 0.6) is 11.5 Å². The van der Waals surface area contributed by atoms with Crippen molar-refractivity contribution in [2.45, 2.75) is 25.7 Å². The van der Waals surface area contributed by atoms with Crippen LogP contribution in [0.15, 0.2) is 40.8 Å². The predicted molar refractivity (Wildman–Crippen MR) is 99.8 cm³/mol. The number of nitrogens with one attached hydrogen (secondary N) is 1. The first-order valence-corrected chi connectivity index (χ1v) is 8.87. The highest BCUT2D eigenvalue weighted by Crippen LogP contribution is 2.47. The van der Waals surface area contributed by atoms with Crippen molar-refractivity contribution in [3.05, 3.63) is 47.5 Å². The van der Waals surface area contributed by atoms with Crippen LogP contribution in [0.4, 0.5) is 0 Å². The molecule has 0 radical (unpaired) electrons. The average Bonchev–Trinajstić information content (AvgIpc) is 3.42. The second kappa shape index (κ2) is 6.41. The topological polar surface area (TPSA) is 71.7 Å². The molecule has 2 aromatic carbocycles. The minimum absolute atomic E-state index is 0.168. The van der Waals surface area contributed by atoms with Gasteiger partial charge in [0.25, 0.3) is 5.91 Å². The van der Waals surface area contributed by atoms with E-state index >= 15 is 0 Å². The van der Waals surface area contributed by atoms with Crippen molar-refractivity contribution in [3.63, 3.8) is 0 Å². The molecule has 1 saturated carbocycles. The molecule has 4 rings (SSSR count). The number of ether oxygens (including phenoxy) is 1. The number of fused-ring (bicyclic) bond motifs is 1. The number of phenolic OH excluding ortho intramolecular Hbond substituents is 1. The highest BCUT2D eigenvalue weighted by Gasteiger charge is 2.30. The summed E-state index contributed by atoms with van der Waals surface area (Å²) in [7, 11) is 1.61. The molecule has 2 N–H and O–H groups in total. The lowest BCUT2D eigenvalue weighted by atomic mass is 10.0. The van der Waals surface area contributed by atoms with Crippen LogP contribution >= 0.6 is 0 Å². The molecule has 0 bridgehead atoms. The lowest BCUT2D eigenvalue weighted by molar-refractivity contribution is 0.0964. The highest BCUT2D eigenvalue weighted by molar-refractivity contribution is 6.11. The third-order valence-electron chi connectivity index (χ3n) is 4.72. The number of furan rings is 1. The number of aromatic hydroxyl groups is 1. The summed E-state index contributed by atoms with van der Waals surface area (Å²) in [5.41, 5.74) is 3.02. The van der Waals surface area contributed by atoms with Crippen molar-refractivity contribution in [2.24, 2.45) is 0 Å². The molecule has 0 spiro atoms. The van der Waals surface area contributed by atoms with Crippen LogP contribution in [0.25, 0.3) is 22.3 Å². The van der Waals surface area contributed by atoms with Gasteiger partial charge in [0.1, 0.15) is 22.8 Å². The fourth-order valence-electron chi connectivity index (χ4n) is 3.30. The largest absolute Gasteiger partial charge is 0.508 e. The number of carbonyl (C=O) groups is 1. The Balaban J connectivity index is 1.96. The average molecular weight is 351 g/mol. The minimum Gasteiger partial charge on any atom is -0.508 e. The summed E-state index contributed by atoms with van der Waals surface area (Å²) in [4.78, 5) is 12.6. The maximum Gasteiger partial charge on any atom is 0.255 e. The molecule has 3 aromatic rings. The summed E-state index contributed by atoms with van der Waals surface area (Å²) >= 11 is 0. The zero-order chi connectivity index (χ0) is 18.3. The maximum atomic E-state index is 12.6. The normalized spacial score (nSPS) is 13.8. The molecule has 0 aliphatic heterocycles. The van der Waals surface area contributed by atoms with E-state index in [-0.39, 0.29) is 11.7 Å². The third kappa shape index (κ3) is 2.79. The Labute approximate surface area is 151 Å². The first kappa shape index (κ1) is 16.5. The van der Waals surface area contributed by atoms with Gasteiger partial charge in [0.15, 0.2) is 0 Å². The molecule has 26 heavy (non-hydrogen) atoms. The molecule has 1 heterocycles. The zero-order valence-electron chi connectivity index (χ0n) is 14.8. The predicted octanol–water partition coefficient (Wildman–Crippen LogP) is 4.44. The number of amides is 1. The van der Waals surface area contributed by atoms with E-state index in [0.29, 0.717) is 29.4 Å². The van der Waals surface area contributed by atoms with Gasteiger partial charge in [0.2, 0.25) is 0 Å². The van der Waals surface area contributed by atoms with Gasteiger partial charge in [-0.25, -0.2) is 0 Å². The molecule has 1 amide bonds. The molecule has 0 atom stereocenters. The van der Waals surface area contributed by atoms with Crippen molar-refractivity contribution in [2.75, 3.05) is 13.7 Å². The van der Waals surface area contributed by atoms with Gasteiger partial charge in [0.05, 0.1) is 12.2 Å². The highest BCUT2D eigenvalue weighted by atomic mass is 16.5. The second-order valence-electron chi connectivity index (χ2n) is 6.53. The number of carbonyl (C=O) groups excluding carboxylic acids is 1. The van der Waals surface area contributed by atoms with Crippen LogP contribution in [-0.4, -0.2) is 24.7 Å². The number of benzene rings is 2. The summed E-state index contributed by atoms with van der Waals surface area (Å²) in [6.07, 6.45) is 2.28. The zero-order valence-corrected chi connectivity index (χ0v) is 14.8. The Hall–Kier alpha value is -2.95. The van der Waals surface area contributed by atoms with Gasteiger partial charge >= 0.3 is 0 Å². The van der Waals surface area contributed by atoms with Crippen LogP contribution < -0.4 is 10.1 Å². The fraction of sp³-hybridized carbons (Fsp3) is 0.286. The second-order valence-corrected chi connectivity index (χ2v) is 6.53. The molecule has 1 fully saturated rings. The van der Waals surface area contributed by atoms with E-state index in [1.807, 2.05) is 19.1 Å². The minimum atomic E-state index is -0.197. The number of hydrogen-bond acceptors (Lipinski definition) is 4. The Morgan fingerprint density at radius 2 is 2.00 bits per heavy atom. The maximum absolute atomic E-state index is 12.6. The van der Waals surface area contributed by atoms with Crippen molar-refractivity contribution < 1.29 is 19.1 Å². The molecule has 1 aliphatic carbocycles. The van der Waals surface area contributed by atoms with Gasteiger partial charge in [-0.15, -0.1) is 0 Å². The van der Waals surface area contributed by atoms with Gasteiger partial charge < -0.3 is 19.6 Å². The third-order valence-corrected chi connectivity index (χ3v) is 4.72. The van der Waals surface area contributed by atoms with Crippen molar-refractivity contribution in [3.8, 4) is 22.8 Å². The summed E-state index contributed by atoms with van der Waals surface area (Å²) in [5, 5.41) is 13.0. The van der Waals surface area contributed by atoms with E-state index in [1.165, 1.54) is 0 Å². The lowest BCUT2D eigenvalue weighted by Crippen LogP contribution is -2.18. The summed E-state index contributed by atoms with van der Waals surface area (Å²) < 4.78 is 11.9. The first-order valence-electron chi connectivity index (χ1n) is 8.87. The molecule has 1 aliphatic rings. The van der Waals surface area contributed by atoms with Crippen LogP contribution in [0.1, 0.15) is 41.6 Å². The number of hydrogen-bond donors (Lipinski definition) is 2. The van der Waals surface area contributed by atoms with E-state index in [4.69, 9.17) is 9.15 Å². The summed E-state index contributed by atoms with van der Waals surface area (Å²) in [5.74, 6) is 1.79. The number of phenols is 1. The molecule has 0 saturated heterocycles. The molecular weight excluding hydrogens is 330 g/mol. The Kier molecular flexibility index (Phi) is 4.07. The number of rotatable bonds is 5. The van der Waals surface area contributed by atoms with E-state index in [1.54, 1.807) is 31.3 Å². The van der Waals surface area contributed by atoms with Crippen LogP contribution in [0.2, 0.25) is 0 Å². The molecule has 0 unspecified atom stereocenters. The van der Waals surface area contributed by atoms with E-state index in [2.05, 4.69) is 5.32 Å². The lowest BCUT2D eigenvalue weighted by Gasteiger charge is -2.09. The van der Waals surface area contributed by atoms with E-state index < -0.39 is 0 Å². The van der Waals surface area contributed by atoms with Gasteiger partial charge in [0, 0.05) is 24.1 Å². The molecular formula is C21H21NO4. The van der Waals surface area contributed by atoms with Crippen molar-refractivity contribution >= 4 is 16.9 Å². The van der Waals surface area contributed by atoms with E-state index in [9.17, 15) is 9.90 Å². The van der Waals surface area contributed by atoms with Gasteiger partial charge in [-0.1, -0.05) is 0 Å². The summed E-state index contributed by atoms with van der Waals surface area (Å²) in [6, 6.07) is 10.6. The molecule has 5 heteroatoms. The van der Waals surface area contributed by atoms with Crippen molar-refractivity contribution in [1.82, 2.24) is 5.32 Å². The Morgan fingerprint density at radius 3 is 2.62 bits per heavy atom. The molecule has 5 nitrogen and oxygen atoms in total. The monoisotopic (exact) mass is 351 g/mol. The fourth-order valence-corrected chi connectivity index (χ4v) is 3.30. The van der Waals surface area contributed by atoms with Gasteiger partial charge in [-0.2, -0.15) is 0 Å². The first-order chi connectivity index (χ1) is 12.6. The van der Waals surface area contributed by atoms with Crippen molar-refractivity contribution in [1.29, 1.82) is 0 Å². The summed E-state index contributed by atoms with van der Waals surface area (Å²) in [6.45, 7) is 2.54. The van der Waals surface area contributed by atoms with Crippen LogP contribution in [-0.2, 0) is 0 Å². The van der Waals surface area contributed by atoms with E-state index in [0.717, 1.165) is 35.1 Å². The molecule has 1 aromatic heterocycles. The van der Waals surface area contributed by atoms with Crippen LogP contribution in [0.3, 0.4) is 0 Å². The quantitative estimate of drug-likeness (QED) is 0.713. The Morgan fingerprint density at radius 1 is 1.27 bits per heavy atom. The van der Waals surface area contributed by atoms with Crippen LogP contribution in [0, 0.1) is 0 Å². The molecule has 134 valence electrons. The standard InChI is InChI=1S/C21H21NO4/c1-3-25-17-11-18-16(10-15(17)12-4-5-12)19(21(24)22-2)20(26-18)13-6-8-14(23)9-7-13/h6-12,23H,3-5H2,1-2H3,(H,22,24). The van der Waals surface area contributed by atoms with Gasteiger partial charge in [-0.3, -0.25) is 4.79 Å². The van der Waals surface area contributed by atoms with Gasteiger partial charge in [-0.05, 0) is 61.6 Å². The SMILES string of the molecule is CCOc1cc2oc(-c3ccc(O)cc3)c(C(=O)NC)c2cc1C1CC1.